The van der Waals surface area contributed by atoms with Gasteiger partial charge in [0, 0.05) is 34.5 Å². The number of aliphatic carboxylic acids is 1. The molecule has 1 saturated heterocycles. The van der Waals surface area contributed by atoms with Gasteiger partial charge in [0.1, 0.15) is 0 Å². The number of hydrogen-bond donors (Lipinski definition) is 1. The van der Waals surface area contributed by atoms with E-state index in [4.69, 9.17) is 9.40 Å². The molecule has 1 aliphatic heterocycles. The van der Waals surface area contributed by atoms with E-state index in [1.54, 1.807) is 17.5 Å². The van der Waals surface area contributed by atoms with Crippen molar-refractivity contribution in [3.8, 4) is 22.6 Å². The maximum Gasteiger partial charge on any atom is 0.305 e. The van der Waals surface area contributed by atoms with Crippen LogP contribution in [0.3, 0.4) is 0 Å². The van der Waals surface area contributed by atoms with Crippen molar-refractivity contribution >= 4 is 22.4 Å². The molecule has 1 fully saturated rings. The molecule has 31 heavy (non-hydrogen) atoms. The quantitative estimate of drug-likeness (QED) is 0.552. The monoisotopic (exact) mass is 433 g/mol. The van der Waals surface area contributed by atoms with Crippen molar-refractivity contribution < 1.29 is 14.3 Å². The normalized spacial score (nSPS) is 20.5. The number of benzene rings is 1. The van der Waals surface area contributed by atoms with Gasteiger partial charge in [0.15, 0.2) is 17.3 Å². The molecule has 1 aliphatic carbocycles. The Morgan fingerprint density at radius 3 is 2.77 bits per heavy atom. The average Bonchev–Trinajstić information content (AvgIpc) is 3.55. The van der Waals surface area contributed by atoms with Crippen LogP contribution in [0.25, 0.3) is 22.6 Å². The summed E-state index contributed by atoms with van der Waals surface area (Å²) < 4.78 is 5.40. The summed E-state index contributed by atoms with van der Waals surface area (Å²) in [5.41, 5.74) is 3.01. The molecule has 0 spiro atoms. The Balaban J connectivity index is 1.51. The number of carboxylic acids is 1. The number of rotatable bonds is 6. The van der Waals surface area contributed by atoms with E-state index in [9.17, 15) is 9.90 Å². The minimum atomic E-state index is -0.753. The van der Waals surface area contributed by atoms with Crippen LogP contribution in [0, 0.1) is 0 Å². The molecule has 7 heteroatoms. The van der Waals surface area contributed by atoms with Gasteiger partial charge in [-0.15, -0.1) is 11.3 Å². The van der Waals surface area contributed by atoms with Crippen LogP contribution in [0.2, 0.25) is 0 Å². The second kappa shape index (κ2) is 8.51. The maximum atomic E-state index is 11.3. The molecule has 2 aliphatic rings. The van der Waals surface area contributed by atoms with Gasteiger partial charge >= 0.3 is 5.97 Å². The van der Waals surface area contributed by atoms with Crippen molar-refractivity contribution in [2.45, 2.75) is 37.6 Å². The number of thiazole rings is 1. The first-order valence-electron chi connectivity index (χ1n) is 10.5. The first-order chi connectivity index (χ1) is 15.2. The highest BCUT2D eigenvalue weighted by Crippen LogP contribution is 2.42. The lowest BCUT2D eigenvalue weighted by atomic mass is 9.95. The van der Waals surface area contributed by atoms with E-state index in [1.165, 1.54) is 11.3 Å². The fourth-order valence-corrected chi connectivity index (χ4v) is 5.61. The van der Waals surface area contributed by atoms with Crippen molar-refractivity contribution in [1.82, 2.24) is 9.97 Å². The van der Waals surface area contributed by atoms with Crippen LogP contribution < -0.4 is 4.90 Å². The van der Waals surface area contributed by atoms with Gasteiger partial charge < -0.3 is 14.4 Å². The molecule has 0 radical (unpaired) electrons. The fourth-order valence-electron chi connectivity index (χ4n) is 4.33. The Morgan fingerprint density at radius 1 is 1.23 bits per heavy atom. The number of aromatic nitrogens is 2. The number of carboxylic acid groups (broad SMARTS) is 1. The van der Waals surface area contributed by atoms with Crippen LogP contribution in [-0.2, 0) is 4.79 Å². The molecule has 3 heterocycles. The minimum absolute atomic E-state index is 0.0139. The molecule has 2 unspecified atom stereocenters. The first kappa shape index (κ1) is 19.8. The predicted molar refractivity (Wildman–Crippen MR) is 121 cm³/mol. The van der Waals surface area contributed by atoms with E-state index in [0.717, 1.165) is 53.5 Å². The van der Waals surface area contributed by atoms with Gasteiger partial charge in [0.2, 0.25) is 0 Å². The van der Waals surface area contributed by atoms with Gasteiger partial charge in [-0.25, -0.2) is 9.97 Å². The SMILES string of the molecule is O=C(O)CC1CCCN1c1nc(-c2ccc(-c3cnco3)cc2)c(C2C=CC=CC2)s1. The van der Waals surface area contributed by atoms with Crippen LogP contribution in [0.15, 0.2) is 65.6 Å². The second-order valence-corrected chi connectivity index (χ2v) is 8.90. The van der Waals surface area contributed by atoms with Crippen LogP contribution in [0.1, 0.15) is 36.5 Å². The average molecular weight is 434 g/mol. The Morgan fingerprint density at radius 2 is 2.06 bits per heavy atom. The van der Waals surface area contributed by atoms with Crippen LogP contribution in [-0.4, -0.2) is 33.6 Å². The molecule has 158 valence electrons. The van der Waals surface area contributed by atoms with Crippen molar-refractivity contribution in [3.05, 3.63) is 66.0 Å². The fraction of sp³-hybridized carbons (Fsp3) is 0.292. The third-order valence-corrected chi connectivity index (χ3v) is 7.09. The molecular formula is C24H23N3O3S. The van der Waals surface area contributed by atoms with Gasteiger partial charge in [0.05, 0.1) is 18.3 Å². The van der Waals surface area contributed by atoms with Crippen LogP contribution >= 0.6 is 11.3 Å². The number of anilines is 1. The molecular weight excluding hydrogens is 410 g/mol. The van der Waals surface area contributed by atoms with Gasteiger partial charge in [-0.1, -0.05) is 48.6 Å². The number of hydrogen-bond acceptors (Lipinski definition) is 6. The van der Waals surface area contributed by atoms with E-state index in [1.807, 2.05) is 12.1 Å². The summed E-state index contributed by atoms with van der Waals surface area (Å²) >= 11 is 1.70. The second-order valence-electron chi connectivity index (χ2n) is 7.89. The standard InChI is InChI=1S/C24H23N3O3S/c28-21(29)13-19-7-4-12-27(19)24-26-22(23(31-24)18-5-2-1-3-6-18)17-10-8-16(9-11-17)20-14-25-15-30-20/h1-3,5,8-11,14-15,18-19H,4,6-7,12-13H2,(H,28,29). The molecule has 0 bridgehead atoms. The maximum absolute atomic E-state index is 11.3. The molecule has 3 aromatic rings. The van der Waals surface area contributed by atoms with Crippen molar-refractivity contribution in [1.29, 1.82) is 0 Å². The van der Waals surface area contributed by atoms with Gasteiger partial charge in [-0.2, -0.15) is 0 Å². The van der Waals surface area contributed by atoms with Crippen LogP contribution in [0.5, 0.6) is 0 Å². The summed E-state index contributed by atoms with van der Waals surface area (Å²) in [6, 6.07) is 8.21. The topological polar surface area (TPSA) is 79.5 Å². The summed E-state index contributed by atoms with van der Waals surface area (Å²) in [6.07, 6.45) is 14.7. The van der Waals surface area contributed by atoms with E-state index in [-0.39, 0.29) is 18.4 Å². The zero-order valence-electron chi connectivity index (χ0n) is 17.0. The Bertz CT molecular complexity index is 1120. The summed E-state index contributed by atoms with van der Waals surface area (Å²) in [5, 5.41) is 10.2. The minimum Gasteiger partial charge on any atom is -0.481 e. The highest BCUT2D eigenvalue weighted by molar-refractivity contribution is 7.16. The third-order valence-electron chi connectivity index (χ3n) is 5.87. The van der Waals surface area contributed by atoms with Gasteiger partial charge in [-0.05, 0) is 19.3 Å². The third kappa shape index (κ3) is 4.05. The molecule has 0 saturated carbocycles. The lowest BCUT2D eigenvalue weighted by Crippen LogP contribution is -2.31. The van der Waals surface area contributed by atoms with Crippen LogP contribution in [0.4, 0.5) is 5.13 Å². The molecule has 2 atom stereocenters. The summed E-state index contributed by atoms with van der Waals surface area (Å²) in [5.74, 6) is 0.262. The Labute approximate surface area is 184 Å². The van der Waals surface area contributed by atoms with Crippen molar-refractivity contribution in [3.63, 3.8) is 0 Å². The molecule has 0 amide bonds. The number of allylic oxidation sites excluding steroid dienone is 4. The highest BCUT2D eigenvalue weighted by Gasteiger charge is 2.31. The molecule has 1 aromatic carbocycles. The summed E-state index contributed by atoms with van der Waals surface area (Å²) in [4.78, 5) is 23.8. The lowest BCUT2D eigenvalue weighted by Gasteiger charge is -2.22. The Kier molecular flexibility index (Phi) is 5.42. The van der Waals surface area contributed by atoms with E-state index >= 15 is 0 Å². The van der Waals surface area contributed by atoms with E-state index in [0.29, 0.717) is 0 Å². The summed E-state index contributed by atoms with van der Waals surface area (Å²) in [7, 11) is 0. The molecule has 1 N–H and O–H groups in total. The number of oxazole rings is 1. The van der Waals surface area contributed by atoms with Gasteiger partial charge in [0.25, 0.3) is 0 Å². The zero-order valence-corrected chi connectivity index (χ0v) is 17.8. The smallest absolute Gasteiger partial charge is 0.305 e. The molecule has 6 nitrogen and oxygen atoms in total. The first-order valence-corrected chi connectivity index (χ1v) is 11.3. The molecule has 5 rings (SSSR count). The van der Waals surface area contributed by atoms with E-state index in [2.05, 4.69) is 46.3 Å². The van der Waals surface area contributed by atoms with Gasteiger partial charge in [-0.3, -0.25) is 4.79 Å². The van der Waals surface area contributed by atoms with Crippen molar-refractivity contribution in [2.24, 2.45) is 0 Å². The number of carbonyl (C=O) groups is 1. The lowest BCUT2D eigenvalue weighted by molar-refractivity contribution is -0.137. The largest absolute Gasteiger partial charge is 0.481 e. The molecule has 2 aromatic heterocycles. The van der Waals surface area contributed by atoms with E-state index < -0.39 is 5.97 Å². The van der Waals surface area contributed by atoms with Crippen molar-refractivity contribution in [2.75, 3.05) is 11.4 Å². The predicted octanol–water partition coefficient (Wildman–Crippen LogP) is 5.51. The summed E-state index contributed by atoms with van der Waals surface area (Å²) in [6.45, 7) is 0.856. The Hall–Kier alpha value is -3.19. The zero-order chi connectivity index (χ0) is 21.2. The number of nitrogens with zero attached hydrogens (tertiary/aromatic N) is 3. The highest BCUT2D eigenvalue weighted by atomic mass is 32.1.